The fourth-order valence-electron chi connectivity index (χ4n) is 1.36. The van der Waals surface area contributed by atoms with Crippen molar-refractivity contribution >= 4 is 11.4 Å². The topological polar surface area (TPSA) is 225 Å². The molecule has 0 amide bonds. The Bertz CT molecular complexity index is 610. The van der Waals surface area contributed by atoms with Crippen molar-refractivity contribution in [3.05, 3.63) is 90.3 Å². The monoisotopic (exact) mass is 425 g/mol. The van der Waals surface area contributed by atoms with Crippen LogP contribution in [0.3, 0.4) is 0 Å². The molecule has 0 spiro atoms. The van der Waals surface area contributed by atoms with Crippen molar-refractivity contribution in [1.29, 1.82) is 0 Å². The van der Waals surface area contributed by atoms with Crippen LogP contribution in [-0.4, -0.2) is 20.4 Å². The molecular formula is C14H18MnN4O8. The van der Waals surface area contributed by atoms with Gasteiger partial charge in [0.25, 0.3) is 0 Å². The molecule has 0 saturated heterocycles. The molecule has 2 rings (SSSR count). The van der Waals surface area contributed by atoms with Crippen molar-refractivity contribution < 1.29 is 37.5 Å². The van der Waals surface area contributed by atoms with Crippen molar-refractivity contribution in [3.8, 4) is 0 Å². The van der Waals surface area contributed by atoms with Gasteiger partial charge in [-0.15, -0.1) is 0 Å². The minimum Gasteiger partial charge on any atom is -0.398 e. The van der Waals surface area contributed by atoms with E-state index in [1.807, 2.05) is 24.3 Å². The number of nitrogens with two attached hydrogens (primary N) is 2. The van der Waals surface area contributed by atoms with Crippen molar-refractivity contribution in [3.63, 3.8) is 0 Å². The van der Waals surface area contributed by atoms with Crippen LogP contribution in [0.15, 0.2) is 48.5 Å². The maximum absolute atomic E-state index is 8.64. The van der Waals surface area contributed by atoms with E-state index in [1.165, 1.54) is 0 Å². The fourth-order valence-corrected chi connectivity index (χ4v) is 1.36. The molecule has 149 valence electrons. The molecule has 1 radical (unpaired) electrons. The molecule has 0 aliphatic carbocycles. The zero-order valence-electron chi connectivity index (χ0n) is 13.8. The van der Waals surface area contributed by atoms with Crippen LogP contribution in [0, 0.1) is 30.6 Å². The van der Waals surface area contributed by atoms with Gasteiger partial charge in [-0.1, -0.05) is 36.4 Å². The zero-order chi connectivity index (χ0) is 20.5. The molecular weight excluding hydrogens is 407 g/mol. The van der Waals surface area contributed by atoms with Gasteiger partial charge in [-0.3, -0.25) is 0 Å². The second-order valence-electron chi connectivity index (χ2n) is 4.16. The van der Waals surface area contributed by atoms with Crippen LogP contribution < -0.4 is 11.5 Å². The van der Waals surface area contributed by atoms with E-state index in [0.717, 1.165) is 11.1 Å². The Morgan fingerprint density at radius 2 is 0.926 bits per heavy atom. The summed E-state index contributed by atoms with van der Waals surface area (Å²) in [7, 11) is 0. The Morgan fingerprint density at radius 3 is 1.07 bits per heavy atom. The fraction of sp³-hybridized carbons (Fsp3) is 0.143. The van der Waals surface area contributed by atoms with E-state index in [2.05, 4.69) is 0 Å². The van der Waals surface area contributed by atoms with Gasteiger partial charge in [-0.2, -0.15) is 0 Å². The van der Waals surface area contributed by atoms with Crippen molar-refractivity contribution in [1.82, 2.24) is 0 Å². The molecule has 0 aromatic heterocycles. The maximum Gasteiger partial charge on any atom is 2.00 e. The molecule has 0 aliphatic heterocycles. The molecule has 0 unspecified atom stereocenters. The molecule has 0 atom stereocenters. The Morgan fingerprint density at radius 1 is 0.704 bits per heavy atom. The minimum atomic E-state index is -1.75. The predicted molar refractivity (Wildman–Crippen MR) is 94.3 cm³/mol. The van der Waals surface area contributed by atoms with Gasteiger partial charge in [0.2, 0.25) is 0 Å². The van der Waals surface area contributed by atoms with Crippen LogP contribution >= 0.6 is 0 Å². The van der Waals surface area contributed by atoms with E-state index >= 15 is 0 Å². The van der Waals surface area contributed by atoms with Crippen molar-refractivity contribution in [2.75, 3.05) is 11.5 Å². The van der Waals surface area contributed by atoms with Crippen LogP contribution in [0.25, 0.3) is 0 Å². The number of hydrogen-bond donors (Lipinski definition) is 4. The largest absolute Gasteiger partial charge is 2.00 e. The summed E-state index contributed by atoms with van der Waals surface area (Å²) >= 11 is 0. The number of aliphatic hydroxyl groups is 2. The summed E-state index contributed by atoms with van der Waals surface area (Å²) in [6, 6.07) is 14.5. The quantitative estimate of drug-likeness (QED) is 0.231. The molecule has 0 fully saturated rings. The number of para-hydroxylation sites is 2. The Kier molecular flexibility index (Phi) is 18.8. The van der Waals surface area contributed by atoms with Gasteiger partial charge in [0.1, 0.15) is 0 Å². The number of nitrogens with zero attached hydrogens (tertiary/aromatic N) is 2. The third-order valence-corrected chi connectivity index (χ3v) is 2.45. The van der Waals surface area contributed by atoms with Gasteiger partial charge >= 0.3 is 17.1 Å². The standard InChI is InChI=1S/2C7H9NO.Mn.2NO3/c2*8-7-4-2-1-3-6(7)5-9;;2*2-1(3)4/h2*1-4,9H,5,8H2;;;/q;;+2;2*-1. The Balaban J connectivity index is -0.000000303. The first-order valence-corrected chi connectivity index (χ1v) is 6.67. The molecule has 27 heavy (non-hydrogen) atoms. The number of rotatable bonds is 2. The van der Waals surface area contributed by atoms with E-state index in [4.69, 9.17) is 52.3 Å². The summed E-state index contributed by atoms with van der Waals surface area (Å²) in [5.74, 6) is 0. The molecule has 0 aliphatic rings. The van der Waals surface area contributed by atoms with Gasteiger partial charge < -0.3 is 52.3 Å². The van der Waals surface area contributed by atoms with Crippen LogP contribution in [0.5, 0.6) is 0 Å². The molecule has 0 heterocycles. The Labute approximate surface area is 164 Å². The van der Waals surface area contributed by atoms with Crippen molar-refractivity contribution in [2.24, 2.45) is 0 Å². The number of hydrogen-bond acceptors (Lipinski definition) is 10. The van der Waals surface area contributed by atoms with Crippen LogP contribution in [0.4, 0.5) is 11.4 Å². The average molecular weight is 425 g/mol. The average Bonchev–Trinajstić information content (AvgIpc) is 2.55. The summed E-state index contributed by atoms with van der Waals surface area (Å²) in [5, 5.41) is 46.8. The third kappa shape index (κ3) is 19.1. The van der Waals surface area contributed by atoms with E-state index in [9.17, 15) is 0 Å². The summed E-state index contributed by atoms with van der Waals surface area (Å²) in [6.45, 7) is 0.0410. The van der Waals surface area contributed by atoms with E-state index < -0.39 is 10.2 Å². The summed E-state index contributed by atoms with van der Waals surface area (Å²) < 4.78 is 0. The molecule has 2 aromatic rings. The number of aliphatic hydroxyl groups excluding tert-OH is 2. The van der Waals surface area contributed by atoms with Gasteiger partial charge in [-0.25, -0.2) is 0 Å². The van der Waals surface area contributed by atoms with Gasteiger partial charge in [0, 0.05) is 22.5 Å². The SMILES string of the molecule is Nc1ccccc1CO.Nc1ccccc1CO.O=[N+]([O-])[O-].O=[N+]([O-])[O-].[Mn+2]. The van der Waals surface area contributed by atoms with E-state index in [1.54, 1.807) is 24.3 Å². The zero-order valence-corrected chi connectivity index (χ0v) is 15.0. The maximum atomic E-state index is 8.64. The van der Waals surface area contributed by atoms with E-state index in [0.29, 0.717) is 11.4 Å². The first kappa shape index (κ1) is 28.7. The van der Waals surface area contributed by atoms with Gasteiger partial charge in [0.15, 0.2) is 0 Å². The van der Waals surface area contributed by atoms with Gasteiger partial charge in [0.05, 0.1) is 23.4 Å². The first-order chi connectivity index (χ1) is 12.1. The smallest absolute Gasteiger partial charge is 0.398 e. The molecule has 12 nitrogen and oxygen atoms in total. The molecule has 13 heteroatoms. The second kappa shape index (κ2) is 17.7. The molecule has 0 bridgehead atoms. The minimum absolute atomic E-state index is 0. The summed E-state index contributed by atoms with van der Waals surface area (Å²) in [6.07, 6.45) is 0. The Hall–Kier alpha value is -3.12. The van der Waals surface area contributed by atoms with Crippen molar-refractivity contribution in [2.45, 2.75) is 13.2 Å². The molecule has 2 aromatic carbocycles. The van der Waals surface area contributed by atoms with Crippen LogP contribution in [-0.2, 0) is 30.3 Å². The van der Waals surface area contributed by atoms with E-state index in [-0.39, 0.29) is 30.3 Å². The number of benzene rings is 2. The molecule has 0 saturated carbocycles. The van der Waals surface area contributed by atoms with Gasteiger partial charge in [-0.05, 0) is 12.1 Å². The van der Waals surface area contributed by atoms with Crippen LogP contribution in [0.2, 0.25) is 0 Å². The number of nitrogen functional groups attached to an aromatic ring is 2. The summed E-state index contributed by atoms with van der Waals surface area (Å²) in [5.41, 5.74) is 13.8. The summed E-state index contributed by atoms with van der Waals surface area (Å²) in [4.78, 5) is 16.5. The third-order valence-electron chi connectivity index (χ3n) is 2.45. The number of anilines is 2. The molecule has 6 N–H and O–H groups in total. The second-order valence-corrected chi connectivity index (χ2v) is 4.16. The normalized spacial score (nSPS) is 8.07. The van der Waals surface area contributed by atoms with Crippen LogP contribution in [0.1, 0.15) is 11.1 Å². The first-order valence-electron chi connectivity index (χ1n) is 6.67. The predicted octanol–water partition coefficient (Wildman–Crippen LogP) is 1.04.